The van der Waals surface area contributed by atoms with E-state index in [1.54, 1.807) is 0 Å². The third kappa shape index (κ3) is 3.16. The van der Waals surface area contributed by atoms with E-state index in [1.807, 2.05) is 6.92 Å². The Labute approximate surface area is 133 Å². The standard InChI is InChI=1S/C18H30O4/c1-3-5-8-13-12-9-6-7-10-14(12)16(18(21)22)11(4-2)15(13)17(19)20/h11-16H,3-10H2,1-2H3,(H,19,20)(H,21,22). The maximum atomic E-state index is 11.9. The van der Waals surface area contributed by atoms with Crippen LogP contribution in [-0.2, 0) is 9.59 Å². The van der Waals surface area contributed by atoms with Gasteiger partial charge in [0.1, 0.15) is 0 Å². The van der Waals surface area contributed by atoms with Gasteiger partial charge < -0.3 is 10.2 Å². The molecule has 0 amide bonds. The first-order valence-electron chi connectivity index (χ1n) is 8.98. The number of rotatable bonds is 6. The molecule has 2 aliphatic carbocycles. The Hall–Kier alpha value is -1.06. The maximum absolute atomic E-state index is 11.9. The Morgan fingerprint density at radius 2 is 1.50 bits per heavy atom. The van der Waals surface area contributed by atoms with Crippen LogP contribution in [0.15, 0.2) is 0 Å². The fourth-order valence-corrected chi connectivity index (χ4v) is 5.36. The summed E-state index contributed by atoms with van der Waals surface area (Å²) in [4.78, 5) is 23.8. The molecule has 0 aromatic carbocycles. The van der Waals surface area contributed by atoms with Crippen LogP contribution in [0.1, 0.15) is 65.2 Å². The Morgan fingerprint density at radius 3 is 2.00 bits per heavy atom. The Kier molecular flexibility index (Phi) is 5.87. The molecule has 0 radical (unpaired) electrons. The van der Waals surface area contributed by atoms with Crippen LogP contribution in [0.25, 0.3) is 0 Å². The zero-order valence-corrected chi connectivity index (χ0v) is 13.8. The Balaban J connectivity index is 2.38. The molecule has 0 bridgehead atoms. The summed E-state index contributed by atoms with van der Waals surface area (Å²) < 4.78 is 0. The summed E-state index contributed by atoms with van der Waals surface area (Å²) >= 11 is 0. The predicted octanol–water partition coefficient (Wildman–Crippen LogP) is 4.04. The first-order chi connectivity index (χ1) is 10.5. The predicted molar refractivity (Wildman–Crippen MR) is 84.5 cm³/mol. The molecule has 6 unspecified atom stereocenters. The second-order valence-electron chi connectivity index (χ2n) is 7.22. The van der Waals surface area contributed by atoms with Crippen molar-refractivity contribution in [2.24, 2.45) is 35.5 Å². The van der Waals surface area contributed by atoms with Crippen LogP contribution >= 0.6 is 0 Å². The normalized spacial score (nSPS) is 38.3. The fraction of sp³-hybridized carbons (Fsp3) is 0.889. The van der Waals surface area contributed by atoms with Crippen LogP contribution in [0.4, 0.5) is 0 Å². The molecule has 4 nitrogen and oxygen atoms in total. The first-order valence-corrected chi connectivity index (χ1v) is 8.98. The van der Waals surface area contributed by atoms with E-state index >= 15 is 0 Å². The number of carboxylic acids is 2. The maximum Gasteiger partial charge on any atom is 0.307 e. The van der Waals surface area contributed by atoms with Gasteiger partial charge in [-0.25, -0.2) is 0 Å². The van der Waals surface area contributed by atoms with E-state index in [4.69, 9.17) is 0 Å². The largest absolute Gasteiger partial charge is 0.481 e. The van der Waals surface area contributed by atoms with Gasteiger partial charge in [0.25, 0.3) is 0 Å². The second kappa shape index (κ2) is 7.47. The summed E-state index contributed by atoms with van der Waals surface area (Å²) in [5.41, 5.74) is 0. The van der Waals surface area contributed by atoms with Crippen LogP contribution in [0.3, 0.4) is 0 Å². The van der Waals surface area contributed by atoms with Crippen molar-refractivity contribution in [3.05, 3.63) is 0 Å². The van der Waals surface area contributed by atoms with Gasteiger partial charge in [-0.3, -0.25) is 9.59 Å². The van der Waals surface area contributed by atoms with Crippen LogP contribution in [0.5, 0.6) is 0 Å². The third-order valence-corrected chi connectivity index (χ3v) is 6.20. The van der Waals surface area contributed by atoms with Crippen molar-refractivity contribution in [1.29, 1.82) is 0 Å². The smallest absolute Gasteiger partial charge is 0.307 e. The monoisotopic (exact) mass is 310 g/mol. The Morgan fingerprint density at radius 1 is 0.909 bits per heavy atom. The number of carbonyl (C=O) groups is 2. The lowest BCUT2D eigenvalue weighted by Crippen LogP contribution is -2.52. The van der Waals surface area contributed by atoms with E-state index in [2.05, 4.69) is 6.92 Å². The minimum Gasteiger partial charge on any atom is -0.481 e. The van der Waals surface area contributed by atoms with Crippen molar-refractivity contribution < 1.29 is 19.8 Å². The van der Waals surface area contributed by atoms with E-state index in [-0.39, 0.29) is 17.8 Å². The highest BCUT2D eigenvalue weighted by Crippen LogP contribution is 2.54. The number of unbranched alkanes of at least 4 members (excludes halogenated alkanes) is 1. The molecule has 0 spiro atoms. The molecule has 4 heteroatoms. The fourth-order valence-electron chi connectivity index (χ4n) is 5.36. The highest BCUT2D eigenvalue weighted by Gasteiger charge is 2.54. The lowest BCUT2D eigenvalue weighted by atomic mass is 9.52. The molecule has 126 valence electrons. The molecule has 22 heavy (non-hydrogen) atoms. The van der Waals surface area contributed by atoms with Gasteiger partial charge in [-0.15, -0.1) is 0 Å². The zero-order chi connectivity index (χ0) is 16.3. The van der Waals surface area contributed by atoms with Gasteiger partial charge in [0.15, 0.2) is 0 Å². The number of hydrogen-bond donors (Lipinski definition) is 2. The molecule has 2 rings (SSSR count). The first kappa shape index (κ1) is 17.3. The van der Waals surface area contributed by atoms with Crippen molar-refractivity contribution in [1.82, 2.24) is 0 Å². The van der Waals surface area contributed by atoms with Gasteiger partial charge in [-0.1, -0.05) is 46.0 Å². The summed E-state index contributed by atoms with van der Waals surface area (Å²) in [7, 11) is 0. The van der Waals surface area contributed by atoms with Gasteiger partial charge in [0.2, 0.25) is 0 Å². The van der Waals surface area contributed by atoms with Crippen molar-refractivity contribution >= 4 is 11.9 Å². The molecule has 0 saturated heterocycles. The van der Waals surface area contributed by atoms with Crippen LogP contribution in [-0.4, -0.2) is 22.2 Å². The molecule has 0 aromatic heterocycles. The number of aliphatic carboxylic acids is 2. The van der Waals surface area contributed by atoms with Crippen LogP contribution < -0.4 is 0 Å². The quantitative estimate of drug-likeness (QED) is 0.776. The van der Waals surface area contributed by atoms with E-state index < -0.39 is 23.8 Å². The van der Waals surface area contributed by atoms with E-state index in [9.17, 15) is 19.8 Å². The molecule has 2 N–H and O–H groups in total. The minimum atomic E-state index is -0.775. The third-order valence-electron chi connectivity index (χ3n) is 6.20. The topological polar surface area (TPSA) is 74.6 Å². The van der Waals surface area contributed by atoms with Crippen molar-refractivity contribution in [3.8, 4) is 0 Å². The minimum absolute atomic E-state index is 0.170. The lowest BCUT2D eigenvalue weighted by Gasteiger charge is -2.51. The lowest BCUT2D eigenvalue weighted by molar-refractivity contribution is -0.166. The van der Waals surface area contributed by atoms with Gasteiger partial charge >= 0.3 is 11.9 Å². The average Bonchev–Trinajstić information content (AvgIpc) is 2.50. The molecular weight excluding hydrogens is 280 g/mol. The highest BCUT2D eigenvalue weighted by atomic mass is 16.4. The van der Waals surface area contributed by atoms with Crippen molar-refractivity contribution in [2.75, 3.05) is 0 Å². The van der Waals surface area contributed by atoms with E-state index in [0.717, 1.165) is 44.9 Å². The van der Waals surface area contributed by atoms with Crippen molar-refractivity contribution in [2.45, 2.75) is 65.2 Å². The second-order valence-corrected chi connectivity index (χ2v) is 7.22. The number of hydrogen-bond acceptors (Lipinski definition) is 2. The molecular formula is C18H30O4. The summed E-state index contributed by atoms with van der Waals surface area (Å²) in [6.07, 6.45) is 7.91. The SMILES string of the molecule is CCCCC1C2CCCCC2C(C(=O)O)C(CC)C1C(=O)O. The molecule has 2 fully saturated rings. The molecule has 0 aliphatic heterocycles. The molecule has 2 saturated carbocycles. The van der Waals surface area contributed by atoms with E-state index in [0.29, 0.717) is 12.3 Å². The Bertz CT molecular complexity index is 406. The number of fused-ring (bicyclic) bond motifs is 1. The summed E-state index contributed by atoms with van der Waals surface area (Å²) in [5.74, 6) is -2.04. The average molecular weight is 310 g/mol. The van der Waals surface area contributed by atoms with Crippen molar-refractivity contribution in [3.63, 3.8) is 0 Å². The van der Waals surface area contributed by atoms with Gasteiger partial charge in [-0.05, 0) is 42.9 Å². The van der Waals surface area contributed by atoms with Crippen LogP contribution in [0.2, 0.25) is 0 Å². The highest BCUT2D eigenvalue weighted by molar-refractivity contribution is 5.76. The van der Waals surface area contributed by atoms with Gasteiger partial charge in [0.05, 0.1) is 11.8 Å². The summed E-state index contributed by atoms with van der Waals surface area (Å²) in [6, 6.07) is 0. The van der Waals surface area contributed by atoms with Gasteiger partial charge in [0, 0.05) is 0 Å². The summed E-state index contributed by atoms with van der Waals surface area (Å²) in [6.45, 7) is 4.09. The number of carboxylic acid groups (broad SMARTS) is 2. The molecule has 0 heterocycles. The van der Waals surface area contributed by atoms with E-state index in [1.165, 1.54) is 0 Å². The molecule has 2 aliphatic rings. The zero-order valence-electron chi connectivity index (χ0n) is 13.8. The molecule has 0 aromatic rings. The van der Waals surface area contributed by atoms with Crippen LogP contribution in [0, 0.1) is 35.5 Å². The van der Waals surface area contributed by atoms with Gasteiger partial charge in [-0.2, -0.15) is 0 Å². The summed E-state index contributed by atoms with van der Waals surface area (Å²) in [5, 5.41) is 19.6. The molecule has 6 atom stereocenters.